The van der Waals surface area contributed by atoms with Gasteiger partial charge in [-0.05, 0) is 62.9 Å². The average molecular weight is 386 g/mol. The van der Waals surface area contributed by atoms with Crippen LogP contribution in [0.3, 0.4) is 0 Å². The fraction of sp³-hybridized carbons (Fsp3) is 0.435. The molecule has 0 radical (unpaired) electrons. The van der Waals surface area contributed by atoms with Crippen molar-refractivity contribution in [2.24, 2.45) is 0 Å². The summed E-state index contributed by atoms with van der Waals surface area (Å²) in [5.41, 5.74) is 1.20. The number of hydrogen-bond acceptors (Lipinski definition) is 4. The van der Waals surface area contributed by atoms with Gasteiger partial charge in [0.25, 0.3) is 5.91 Å². The molecule has 0 unspecified atom stereocenters. The summed E-state index contributed by atoms with van der Waals surface area (Å²) in [4.78, 5) is 12.4. The predicted molar refractivity (Wildman–Crippen MR) is 111 cm³/mol. The summed E-state index contributed by atoms with van der Waals surface area (Å²) >= 11 is 0. The van der Waals surface area contributed by atoms with Gasteiger partial charge in [0.05, 0.1) is 13.2 Å². The second-order valence-electron chi connectivity index (χ2n) is 6.90. The van der Waals surface area contributed by atoms with E-state index in [1.165, 1.54) is 5.56 Å². The maximum atomic E-state index is 12.4. The van der Waals surface area contributed by atoms with Gasteiger partial charge >= 0.3 is 0 Å². The lowest BCUT2D eigenvalue weighted by Crippen LogP contribution is -2.38. The van der Waals surface area contributed by atoms with Crippen molar-refractivity contribution in [3.63, 3.8) is 0 Å². The van der Waals surface area contributed by atoms with Gasteiger partial charge in [-0.2, -0.15) is 0 Å². The zero-order valence-electron chi connectivity index (χ0n) is 17.2. The maximum absolute atomic E-state index is 12.4. The van der Waals surface area contributed by atoms with E-state index in [0.717, 1.165) is 18.6 Å². The molecule has 5 nitrogen and oxygen atoms in total. The average Bonchev–Trinajstić information content (AvgIpc) is 2.69. The number of rotatable bonds is 11. The minimum Gasteiger partial charge on any atom is -0.497 e. The van der Waals surface area contributed by atoms with Crippen molar-refractivity contribution in [2.45, 2.75) is 52.2 Å². The monoisotopic (exact) mass is 385 g/mol. The standard InChI is InChI=1S/C23H31NO4/c1-5-22(28-21-13-7-11-19(16-21)26-4)23(25)24-14-8-10-18-9-6-12-20(15-18)27-17(2)3/h6-7,9,11-13,15-17,22H,5,8,10,14H2,1-4H3,(H,24,25)/t22-/m0/s1. The van der Waals surface area contributed by atoms with Gasteiger partial charge in [0.15, 0.2) is 6.10 Å². The van der Waals surface area contributed by atoms with Crippen molar-refractivity contribution < 1.29 is 19.0 Å². The van der Waals surface area contributed by atoms with Gasteiger partial charge in [0.1, 0.15) is 17.2 Å². The molecule has 0 heterocycles. The minimum atomic E-state index is -0.519. The number of aryl methyl sites for hydroxylation is 1. The highest BCUT2D eigenvalue weighted by Gasteiger charge is 2.18. The number of carbonyl (C=O) groups is 1. The Balaban J connectivity index is 1.79. The van der Waals surface area contributed by atoms with E-state index in [2.05, 4.69) is 17.4 Å². The molecule has 0 spiro atoms. The molecule has 0 aromatic heterocycles. The van der Waals surface area contributed by atoms with E-state index in [9.17, 15) is 4.79 Å². The van der Waals surface area contributed by atoms with Crippen LogP contribution >= 0.6 is 0 Å². The van der Waals surface area contributed by atoms with Crippen molar-refractivity contribution >= 4 is 5.91 Å². The van der Waals surface area contributed by atoms with Crippen LogP contribution in [-0.2, 0) is 11.2 Å². The molecule has 0 fully saturated rings. The van der Waals surface area contributed by atoms with Gasteiger partial charge in [-0.3, -0.25) is 4.79 Å². The van der Waals surface area contributed by atoms with Crippen LogP contribution in [0.5, 0.6) is 17.2 Å². The first-order chi connectivity index (χ1) is 13.5. The highest BCUT2D eigenvalue weighted by atomic mass is 16.5. The van der Waals surface area contributed by atoms with Crippen LogP contribution in [0, 0.1) is 0 Å². The third-order valence-corrected chi connectivity index (χ3v) is 4.19. The third-order valence-electron chi connectivity index (χ3n) is 4.19. The topological polar surface area (TPSA) is 56.8 Å². The van der Waals surface area contributed by atoms with Crippen LogP contribution in [0.4, 0.5) is 0 Å². The number of nitrogens with one attached hydrogen (secondary N) is 1. The maximum Gasteiger partial charge on any atom is 0.261 e. The van der Waals surface area contributed by atoms with E-state index in [-0.39, 0.29) is 12.0 Å². The van der Waals surface area contributed by atoms with Crippen molar-refractivity contribution in [1.29, 1.82) is 0 Å². The van der Waals surface area contributed by atoms with Crippen molar-refractivity contribution in [3.05, 3.63) is 54.1 Å². The van der Waals surface area contributed by atoms with Crippen LogP contribution < -0.4 is 19.5 Å². The molecule has 0 saturated heterocycles. The van der Waals surface area contributed by atoms with Gasteiger partial charge in [-0.15, -0.1) is 0 Å². The molecular formula is C23H31NO4. The Labute approximate surface area is 168 Å². The summed E-state index contributed by atoms with van der Waals surface area (Å²) in [6.45, 7) is 6.57. The largest absolute Gasteiger partial charge is 0.497 e. The highest BCUT2D eigenvalue weighted by Crippen LogP contribution is 2.21. The normalized spacial score (nSPS) is 11.8. The van der Waals surface area contributed by atoms with Crippen LogP contribution in [0.2, 0.25) is 0 Å². The van der Waals surface area contributed by atoms with Gasteiger partial charge < -0.3 is 19.5 Å². The third kappa shape index (κ3) is 7.14. The molecule has 0 bridgehead atoms. The summed E-state index contributed by atoms with van der Waals surface area (Å²) in [5.74, 6) is 2.12. The number of hydrogen-bond donors (Lipinski definition) is 1. The summed E-state index contributed by atoms with van der Waals surface area (Å²) in [5, 5.41) is 2.97. The molecule has 0 saturated carbocycles. The van der Waals surface area contributed by atoms with E-state index >= 15 is 0 Å². The first kappa shape index (κ1) is 21.6. The van der Waals surface area contributed by atoms with E-state index in [4.69, 9.17) is 14.2 Å². The molecule has 0 aliphatic heterocycles. The summed E-state index contributed by atoms with van der Waals surface area (Å²) in [6, 6.07) is 15.4. The molecule has 152 valence electrons. The summed E-state index contributed by atoms with van der Waals surface area (Å²) in [7, 11) is 1.60. The second-order valence-corrected chi connectivity index (χ2v) is 6.90. The Bertz CT molecular complexity index is 745. The Kier molecular flexibility index (Phi) is 8.66. The molecular weight excluding hydrogens is 354 g/mol. The van der Waals surface area contributed by atoms with E-state index in [1.807, 2.05) is 51.1 Å². The molecule has 1 N–H and O–H groups in total. The Morgan fingerprint density at radius 3 is 2.36 bits per heavy atom. The van der Waals surface area contributed by atoms with Gasteiger partial charge in [0, 0.05) is 12.6 Å². The van der Waals surface area contributed by atoms with Gasteiger partial charge in [-0.1, -0.05) is 25.1 Å². The quantitative estimate of drug-likeness (QED) is 0.583. The van der Waals surface area contributed by atoms with E-state index in [1.54, 1.807) is 13.2 Å². The van der Waals surface area contributed by atoms with Crippen LogP contribution in [0.25, 0.3) is 0 Å². The zero-order chi connectivity index (χ0) is 20.4. The molecule has 1 atom stereocenters. The fourth-order valence-electron chi connectivity index (χ4n) is 2.83. The van der Waals surface area contributed by atoms with Crippen LogP contribution in [0.15, 0.2) is 48.5 Å². The molecule has 5 heteroatoms. The second kappa shape index (κ2) is 11.2. The molecule has 2 rings (SSSR count). The lowest BCUT2D eigenvalue weighted by atomic mass is 10.1. The Morgan fingerprint density at radius 2 is 1.68 bits per heavy atom. The minimum absolute atomic E-state index is 0.0952. The zero-order valence-corrected chi connectivity index (χ0v) is 17.2. The van der Waals surface area contributed by atoms with Gasteiger partial charge in [-0.25, -0.2) is 0 Å². The number of ether oxygens (including phenoxy) is 3. The van der Waals surface area contributed by atoms with E-state index in [0.29, 0.717) is 24.5 Å². The first-order valence-corrected chi connectivity index (χ1v) is 9.85. The molecule has 1 amide bonds. The van der Waals surface area contributed by atoms with Gasteiger partial charge in [0.2, 0.25) is 0 Å². The lowest BCUT2D eigenvalue weighted by Gasteiger charge is -2.17. The van der Waals surface area contributed by atoms with Crippen molar-refractivity contribution in [2.75, 3.05) is 13.7 Å². The highest BCUT2D eigenvalue weighted by molar-refractivity contribution is 5.81. The predicted octanol–water partition coefficient (Wildman–Crippen LogP) is 4.39. The summed E-state index contributed by atoms with van der Waals surface area (Å²) < 4.78 is 16.7. The fourth-order valence-corrected chi connectivity index (χ4v) is 2.83. The molecule has 2 aromatic carbocycles. The van der Waals surface area contributed by atoms with E-state index < -0.39 is 6.10 Å². The van der Waals surface area contributed by atoms with Crippen molar-refractivity contribution in [3.8, 4) is 17.2 Å². The number of amides is 1. The first-order valence-electron chi connectivity index (χ1n) is 9.85. The SMILES string of the molecule is CC[C@H](Oc1cccc(OC)c1)C(=O)NCCCc1cccc(OC(C)C)c1. The molecule has 0 aliphatic rings. The summed E-state index contributed by atoms with van der Waals surface area (Å²) in [6.07, 6.45) is 1.97. The molecule has 28 heavy (non-hydrogen) atoms. The van der Waals surface area contributed by atoms with Crippen molar-refractivity contribution in [1.82, 2.24) is 5.32 Å². The Morgan fingerprint density at radius 1 is 1.00 bits per heavy atom. The molecule has 2 aromatic rings. The molecule has 0 aliphatic carbocycles. The lowest BCUT2D eigenvalue weighted by molar-refractivity contribution is -0.128. The smallest absolute Gasteiger partial charge is 0.261 e. The number of methoxy groups -OCH3 is 1. The number of carbonyl (C=O) groups excluding carboxylic acids is 1. The number of benzene rings is 2. The Hall–Kier alpha value is -2.69. The van der Waals surface area contributed by atoms with Crippen LogP contribution in [-0.4, -0.2) is 31.8 Å². The van der Waals surface area contributed by atoms with Crippen LogP contribution in [0.1, 0.15) is 39.2 Å².